The average molecular weight is 391 g/mol. The van der Waals surface area contributed by atoms with Crippen LogP contribution in [0.1, 0.15) is 167 Å². The molecule has 0 spiro atoms. The van der Waals surface area contributed by atoms with Crippen molar-refractivity contribution in [3.63, 3.8) is 0 Å². The highest BCUT2D eigenvalue weighted by Gasteiger charge is 2.20. The minimum absolute atomic E-state index is 1.07. The molecule has 0 saturated heterocycles. The van der Waals surface area contributed by atoms with Crippen LogP contribution in [0.3, 0.4) is 0 Å². The van der Waals surface area contributed by atoms with E-state index in [1.807, 2.05) is 0 Å². The van der Waals surface area contributed by atoms with Crippen molar-refractivity contribution in [2.24, 2.45) is 11.8 Å². The van der Waals surface area contributed by atoms with Crippen molar-refractivity contribution < 1.29 is 0 Å². The molecular weight excluding hydrogens is 336 g/mol. The van der Waals surface area contributed by atoms with Gasteiger partial charge in [0.1, 0.15) is 0 Å². The van der Waals surface area contributed by atoms with E-state index in [0.29, 0.717) is 0 Å². The summed E-state index contributed by atoms with van der Waals surface area (Å²) in [4.78, 5) is 0. The quantitative estimate of drug-likeness (QED) is 0.417. The molecule has 0 atom stereocenters. The molecule has 2 rings (SSSR count). The first-order chi connectivity index (χ1) is 14.0. The molecule has 0 aromatic rings. The van der Waals surface area contributed by atoms with Crippen molar-refractivity contribution in [3.05, 3.63) is 0 Å². The van der Waals surface area contributed by atoms with E-state index >= 15 is 0 Å². The Kier molecular flexibility index (Phi) is 15.5. The SMILES string of the molecule is C1CCCCCCC(C2CCCCCCCCCCCCC2)CCCCCC1. The van der Waals surface area contributed by atoms with Crippen molar-refractivity contribution in [2.45, 2.75) is 167 Å². The van der Waals surface area contributed by atoms with Gasteiger partial charge in [-0.2, -0.15) is 0 Å². The Labute approximate surface area is 179 Å². The second-order valence-corrected chi connectivity index (χ2v) is 10.5. The van der Waals surface area contributed by atoms with Crippen LogP contribution in [0.4, 0.5) is 0 Å². The van der Waals surface area contributed by atoms with Crippen LogP contribution in [0.25, 0.3) is 0 Å². The van der Waals surface area contributed by atoms with E-state index in [4.69, 9.17) is 0 Å². The van der Waals surface area contributed by atoms with Gasteiger partial charge in [0.05, 0.1) is 0 Å². The van der Waals surface area contributed by atoms with Gasteiger partial charge in [0.2, 0.25) is 0 Å². The summed E-state index contributed by atoms with van der Waals surface area (Å²) in [5.41, 5.74) is 0. The van der Waals surface area contributed by atoms with Crippen molar-refractivity contribution >= 4 is 0 Å². The van der Waals surface area contributed by atoms with E-state index in [-0.39, 0.29) is 0 Å². The van der Waals surface area contributed by atoms with Crippen LogP contribution in [0, 0.1) is 11.8 Å². The monoisotopic (exact) mass is 390 g/mol. The molecular formula is C28H54. The van der Waals surface area contributed by atoms with Crippen LogP contribution in [-0.4, -0.2) is 0 Å². The van der Waals surface area contributed by atoms with Crippen LogP contribution in [0.5, 0.6) is 0 Å². The zero-order valence-corrected chi connectivity index (χ0v) is 19.5. The van der Waals surface area contributed by atoms with Crippen LogP contribution >= 0.6 is 0 Å². The highest BCUT2D eigenvalue weighted by Crippen LogP contribution is 2.34. The Morgan fingerprint density at radius 2 is 0.321 bits per heavy atom. The average Bonchev–Trinajstić information content (AvgIpc) is 2.71. The van der Waals surface area contributed by atoms with E-state index < -0.39 is 0 Å². The van der Waals surface area contributed by atoms with Crippen molar-refractivity contribution in [2.75, 3.05) is 0 Å². The van der Waals surface area contributed by atoms with Gasteiger partial charge in [0, 0.05) is 0 Å². The minimum Gasteiger partial charge on any atom is -0.0533 e. The van der Waals surface area contributed by atoms with Gasteiger partial charge < -0.3 is 0 Å². The second kappa shape index (κ2) is 17.8. The Morgan fingerprint density at radius 1 is 0.179 bits per heavy atom. The predicted molar refractivity (Wildman–Crippen MR) is 127 cm³/mol. The summed E-state index contributed by atoms with van der Waals surface area (Å²) in [6.45, 7) is 0. The first kappa shape index (κ1) is 24.3. The van der Waals surface area contributed by atoms with Gasteiger partial charge >= 0.3 is 0 Å². The van der Waals surface area contributed by atoms with E-state index in [0.717, 1.165) is 11.8 Å². The summed E-state index contributed by atoms with van der Waals surface area (Å²) in [7, 11) is 0. The maximum atomic E-state index is 1.56. The van der Waals surface area contributed by atoms with Gasteiger partial charge in [0.25, 0.3) is 0 Å². The Bertz CT molecular complexity index is 260. The molecule has 0 radical (unpaired) electrons. The van der Waals surface area contributed by atoms with Crippen LogP contribution in [0.2, 0.25) is 0 Å². The highest BCUT2D eigenvalue weighted by molar-refractivity contribution is 4.72. The molecule has 0 aromatic heterocycles. The summed E-state index contributed by atoms with van der Waals surface area (Å²) < 4.78 is 0. The first-order valence-electron chi connectivity index (χ1n) is 14.0. The summed E-state index contributed by atoms with van der Waals surface area (Å²) in [5.74, 6) is 2.13. The van der Waals surface area contributed by atoms with Crippen molar-refractivity contribution in [1.29, 1.82) is 0 Å². The molecule has 2 aliphatic rings. The summed E-state index contributed by atoms with van der Waals surface area (Å²) in [6, 6.07) is 0. The fraction of sp³-hybridized carbons (Fsp3) is 1.00. The normalized spacial score (nSPS) is 26.1. The summed E-state index contributed by atoms with van der Waals surface area (Å²) in [5, 5.41) is 0. The van der Waals surface area contributed by atoms with Gasteiger partial charge in [-0.05, 0) is 11.8 Å². The molecule has 166 valence electrons. The minimum atomic E-state index is 1.07. The summed E-state index contributed by atoms with van der Waals surface area (Å²) >= 11 is 0. The number of hydrogen-bond acceptors (Lipinski definition) is 0. The lowest BCUT2D eigenvalue weighted by molar-refractivity contribution is 0.235. The molecule has 2 saturated carbocycles. The molecule has 0 bridgehead atoms. The van der Waals surface area contributed by atoms with Gasteiger partial charge in [-0.1, -0.05) is 167 Å². The Balaban J connectivity index is 1.82. The maximum absolute atomic E-state index is 1.56. The fourth-order valence-electron chi connectivity index (χ4n) is 6.04. The molecule has 2 fully saturated rings. The standard InChI is InChI=1S/C28H54/c1-3-7-11-15-19-23-27(24-20-16-12-8-4-1)28-25-21-17-13-9-5-2-6-10-14-18-22-26-28/h27-28H,1-26H2. The zero-order chi connectivity index (χ0) is 19.5. The molecule has 2 aliphatic carbocycles. The van der Waals surface area contributed by atoms with E-state index in [1.165, 1.54) is 141 Å². The fourth-order valence-corrected chi connectivity index (χ4v) is 6.04. The topological polar surface area (TPSA) is 0 Å². The van der Waals surface area contributed by atoms with Gasteiger partial charge in [-0.15, -0.1) is 0 Å². The zero-order valence-electron chi connectivity index (χ0n) is 19.5. The number of hydrogen-bond donors (Lipinski definition) is 0. The van der Waals surface area contributed by atoms with E-state index in [9.17, 15) is 0 Å². The molecule has 0 heterocycles. The molecule has 0 unspecified atom stereocenters. The smallest absolute Gasteiger partial charge is 0.0386 e. The molecule has 28 heavy (non-hydrogen) atoms. The lowest BCUT2D eigenvalue weighted by atomic mass is 9.78. The molecule has 0 N–H and O–H groups in total. The van der Waals surface area contributed by atoms with Gasteiger partial charge in [0.15, 0.2) is 0 Å². The Morgan fingerprint density at radius 3 is 0.500 bits per heavy atom. The van der Waals surface area contributed by atoms with Crippen LogP contribution < -0.4 is 0 Å². The molecule has 0 aliphatic heterocycles. The van der Waals surface area contributed by atoms with E-state index in [1.54, 1.807) is 25.7 Å². The van der Waals surface area contributed by atoms with Crippen LogP contribution in [-0.2, 0) is 0 Å². The third kappa shape index (κ3) is 12.5. The highest BCUT2D eigenvalue weighted by atomic mass is 14.3. The molecule has 0 amide bonds. The van der Waals surface area contributed by atoms with E-state index in [2.05, 4.69) is 0 Å². The molecule has 0 heteroatoms. The molecule has 0 aromatic carbocycles. The van der Waals surface area contributed by atoms with Gasteiger partial charge in [-0.3, -0.25) is 0 Å². The predicted octanol–water partition coefficient (Wildman–Crippen LogP) is 10.4. The first-order valence-corrected chi connectivity index (χ1v) is 14.0. The van der Waals surface area contributed by atoms with Crippen molar-refractivity contribution in [1.82, 2.24) is 0 Å². The van der Waals surface area contributed by atoms with Crippen LogP contribution in [0.15, 0.2) is 0 Å². The lowest BCUT2D eigenvalue weighted by Gasteiger charge is -2.28. The second-order valence-electron chi connectivity index (χ2n) is 10.5. The largest absolute Gasteiger partial charge is 0.0533 e. The third-order valence-electron chi connectivity index (χ3n) is 7.97. The maximum Gasteiger partial charge on any atom is -0.0386 e. The van der Waals surface area contributed by atoms with Gasteiger partial charge in [-0.25, -0.2) is 0 Å². The van der Waals surface area contributed by atoms with Crippen molar-refractivity contribution in [3.8, 4) is 0 Å². The Hall–Kier alpha value is 0. The third-order valence-corrected chi connectivity index (χ3v) is 7.97. The number of rotatable bonds is 1. The lowest BCUT2D eigenvalue weighted by Crippen LogP contribution is -2.16. The summed E-state index contributed by atoms with van der Waals surface area (Å²) in [6.07, 6.45) is 39.5. The molecule has 0 nitrogen and oxygen atoms in total.